The summed E-state index contributed by atoms with van der Waals surface area (Å²) in [5, 5.41) is 0. The predicted octanol–water partition coefficient (Wildman–Crippen LogP) is 2.72. The van der Waals surface area contributed by atoms with Crippen LogP contribution in [0.2, 0.25) is 0 Å². The van der Waals surface area contributed by atoms with Gasteiger partial charge in [-0.3, -0.25) is 0 Å². The van der Waals surface area contributed by atoms with Crippen LogP contribution in [0, 0.1) is 11.3 Å². The van der Waals surface area contributed by atoms with Gasteiger partial charge in [-0.1, -0.05) is 20.8 Å². The van der Waals surface area contributed by atoms with Gasteiger partial charge in [0.15, 0.2) is 0 Å². The molecule has 1 saturated heterocycles. The molecule has 0 bridgehead atoms. The van der Waals surface area contributed by atoms with Gasteiger partial charge in [0.1, 0.15) is 0 Å². The largest absolute Gasteiger partial charge is 0.375 e. The molecule has 0 spiro atoms. The molecule has 4 unspecified atom stereocenters. The summed E-state index contributed by atoms with van der Waals surface area (Å²) in [6, 6.07) is 0. The van der Waals surface area contributed by atoms with E-state index in [2.05, 4.69) is 20.8 Å². The number of hydrogen-bond acceptors (Lipinski definition) is 3. The van der Waals surface area contributed by atoms with Gasteiger partial charge in [0, 0.05) is 6.54 Å². The molecule has 2 N–H and O–H groups in total. The van der Waals surface area contributed by atoms with Gasteiger partial charge in [0.2, 0.25) is 0 Å². The van der Waals surface area contributed by atoms with Crippen LogP contribution in [0.3, 0.4) is 0 Å². The SMILES string of the molecule is CC1CC(OCC2CCC(CN)O2)CC(C)(C)C1. The van der Waals surface area contributed by atoms with E-state index in [9.17, 15) is 0 Å². The minimum absolute atomic E-state index is 0.264. The topological polar surface area (TPSA) is 44.5 Å². The van der Waals surface area contributed by atoms with Gasteiger partial charge in [0.05, 0.1) is 24.9 Å². The molecular weight excluding hydrogens is 226 g/mol. The quantitative estimate of drug-likeness (QED) is 0.840. The van der Waals surface area contributed by atoms with Crippen LogP contribution in [0.15, 0.2) is 0 Å². The molecule has 1 saturated carbocycles. The molecule has 106 valence electrons. The number of rotatable bonds is 4. The van der Waals surface area contributed by atoms with Crippen LogP contribution in [-0.2, 0) is 9.47 Å². The summed E-state index contributed by atoms with van der Waals surface area (Å²) in [6.07, 6.45) is 6.87. The zero-order valence-corrected chi connectivity index (χ0v) is 12.2. The van der Waals surface area contributed by atoms with Gasteiger partial charge in [0.25, 0.3) is 0 Å². The third-order valence-electron chi connectivity index (χ3n) is 4.32. The van der Waals surface area contributed by atoms with Crippen molar-refractivity contribution in [3.8, 4) is 0 Å². The molecule has 0 amide bonds. The maximum absolute atomic E-state index is 6.10. The highest BCUT2D eigenvalue weighted by molar-refractivity contribution is 4.84. The lowest BCUT2D eigenvalue weighted by atomic mass is 9.71. The van der Waals surface area contributed by atoms with E-state index in [0.717, 1.165) is 25.4 Å². The van der Waals surface area contributed by atoms with Crippen LogP contribution in [0.1, 0.15) is 52.9 Å². The van der Waals surface area contributed by atoms with Crippen molar-refractivity contribution >= 4 is 0 Å². The maximum atomic E-state index is 6.10. The Bertz CT molecular complexity index is 267. The summed E-state index contributed by atoms with van der Waals surface area (Å²) in [5.74, 6) is 0.778. The molecular formula is C15H29NO2. The normalized spacial score (nSPS) is 40.0. The summed E-state index contributed by atoms with van der Waals surface area (Å²) in [5.41, 5.74) is 6.05. The summed E-state index contributed by atoms with van der Waals surface area (Å²) < 4.78 is 11.9. The third-order valence-corrected chi connectivity index (χ3v) is 4.32. The summed E-state index contributed by atoms with van der Waals surface area (Å²) in [6.45, 7) is 8.45. The van der Waals surface area contributed by atoms with Gasteiger partial charge in [-0.05, 0) is 43.4 Å². The zero-order valence-electron chi connectivity index (χ0n) is 12.2. The average Bonchev–Trinajstić information content (AvgIpc) is 2.71. The molecule has 3 heteroatoms. The van der Waals surface area contributed by atoms with E-state index in [1.807, 2.05) is 0 Å². The fourth-order valence-corrected chi connectivity index (χ4v) is 3.70. The fraction of sp³-hybridized carbons (Fsp3) is 1.00. The van der Waals surface area contributed by atoms with Crippen molar-refractivity contribution in [1.82, 2.24) is 0 Å². The molecule has 0 aromatic rings. The van der Waals surface area contributed by atoms with Crippen molar-refractivity contribution in [2.45, 2.75) is 71.2 Å². The van der Waals surface area contributed by atoms with Crippen LogP contribution in [0.5, 0.6) is 0 Å². The first-order valence-electron chi connectivity index (χ1n) is 7.45. The molecule has 0 aromatic carbocycles. The second-order valence-corrected chi connectivity index (χ2v) is 7.06. The van der Waals surface area contributed by atoms with Crippen LogP contribution in [-0.4, -0.2) is 31.5 Å². The van der Waals surface area contributed by atoms with E-state index >= 15 is 0 Å². The van der Waals surface area contributed by atoms with Crippen LogP contribution in [0.4, 0.5) is 0 Å². The van der Waals surface area contributed by atoms with E-state index in [-0.39, 0.29) is 12.2 Å². The molecule has 18 heavy (non-hydrogen) atoms. The van der Waals surface area contributed by atoms with Crippen molar-refractivity contribution in [2.75, 3.05) is 13.2 Å². The van der Waals surface area contributed by atoms with Crippen LogP contribution < -0.4 is 5.73 Å². The Morgan fingerprint density at radius 2 is 1.94 bits per heavy atom. The van der Waals surface area contributed by atoms with Crippen molar-refractivity contribution in [3.05, 3.63) is 0 Å². The third kappa shape index (κ3) is 3.94. The first-order valence-corrected chi connectivity index (χ1v) is 7.45. The number of ether oxygens (including phenoxy) is 2. The molecule has 1 heterocycles. The first-order chi connectivity index (χ1) is 8.48. The molecule has 0 aromatic heterocycles. The van der Waals surface area contributed by atoms with E-state index < -0.39 is 0 Å². The van der Waals surface area contributed by atoms with E-state index in [1.165, 1.54) is 19.3 Å². The van der Waals surface area contributed by atoms with Crippen molar-refractivity contribution in [1.29, 1.82) is 0 Å². The Kier molecular flexibility index (Phi) is 4.68. The molecule has 4 atom stereocenters. The van der Waals surface area contributed by atoms with Gasteiger partial charge < -0.3 is 15.2 Å². The first kappa shape index (κ1) is 14.3. The Balaban J connectivity index is 1.73. The molecule has 1 aliphatic carbocycles. The molecule has 3 nitrogen and oxygen atoms in total. The maximum Gasteiger partial charge on any atom is 0.0814 e. The second kappa shape index (κ2) is 5.89. The standard InChI is InChI=1S/C15H29NO2/c1-11-6-14(8-15(2,3)7-11)17-10-13-5-4-12(9-16)18-13/h11-14H,4-10,16H2,1-3H3. The van der Waals surface area contributed by atoms with Crippen molar-refractivity contribution < 1.29 is 9.47 Å². The van der Waals surface area contributed by atoms with E-state index in [4.69, 9.17) is 15.2 Å². The highest BCUT2D eigenvalue weighted by Crippen LogP contribution is 2.39. The fourth-order valence-electron chi connectivity index (χ4n) is 3.70. The van der Waals surface area contributed by atoms with Gasteiger partial charge in [-0.2, -0.15) is 0 Å². The Morgan fingerprint density at radius 3 is 2.56 bits per heavy atom. The Labute approximate surface area is 111 Å². The summed E-state index contributed by atoms with van der Waals surface area (Å²) in [4.78, 5) is 0. The zero-order chi connectivity index (χ0) is 13.2. The summed E-state index contributed by atoms with van der Waals surface area (Å²) in [7, 11) is 0. The van der Waals surface area contributed by atoms with Crippen molar-refractivity contribution in [2.24, 2.45) is 17.1 Å². The monoisotopic (exact) mass is 255 g/mol. The molecule has 2 rings (SSSR count). The average molecular weight is 255 g/mol. The van der Waals surface area contributed by atoms with E-state index in [1.54, 1.807) is 0 Å². The van der Waals surface area contributed by atoms with Crippen LogP contribution in [0.25, 0.3) is 0 Å². The minimum Gasteiger partial charge on any atom is -0.375 e. The lowest BCUT2D eigenvalue weighted by Gasteiger charge is -2.39. The second-order valence-electron chi connectivity index (χ2n) is 7.06. The Hall–Kier alpha value is -0.120. The van der Waals surface area contributed by atoms with Gasteiger partial charge in [-0.25, -0.2) is 0 Å². The smallest absolute Gasteiger partial charge is 0.0814 e. The van der Waals surface area contributed by atoms with Crippen LogP contribution >= 0.6 is 0 Å². The van der Waals surface area contributed by atoms with E-state index in [0.29, 0.717) is 18.1 Å². The molecule has 0 radical (unpaired) electrons. The van der Waals surface area contributed by atoms with Gasteiger partial charge in [-0.15, -0.1) is 0 Å². The lowest BCUT2D eigenvalue weighted by molar-refractivity contribution is -0.0708. The number of hydrogen-bond donors (Lipinski definition) is 1. The molecule has 1 aliphatic heterocycles. The lowest BCUT2D eigenvalue weighted by Crippen LogP contribution is -2.34. The predicted molar refractivity (Wildman–Crippen MR) is 73.5 cm³/mol. The highest BCUT2D eigenvalue weighted by atomic mass is 16.5. The highest BCUT2D eigenvalue weighted by Gasteiger charge is 2.33. The summed E-state index contributed by atoms with van der Waals surface area (Å²) >= 11 is 0. The minimum atomic E-state index is 0.264. The van der Waals surface area contributed by atoms with Crippen molar-refractivity contribution in [3.63, 3.8) is 0 Å². The molecule has 2 aliphatic rings. The molecule has 2 fully saturated rings. The Morgan fingerprint density at radius 1 is 1.22 bits per heavy atom. The van der Waals surface area contributed by atoms with Gasteiger partial charge >= 0.3 is 0 Å². The number of nitrogens with two attached hydrogens (primary N) is 1.